The van der Waals surface area contributed by atoms with Crippen LogP contribution in [0.5, 0.6) is 0 Å². The molecule has 1 N–H and O–H groups in total. The van der Waals surface area contributed by atoms with Gasteiger partial charge in [0.05, 0.1) is 18.6 Å². The van der Waals surface area contributed by atoms with E-state index >= 15 is 0 Å². The van der Waals surface area contributed by atoms with E-state index in [-0.39, 0.29) is 6.42 Å². The van der Waals surface area contributed by atoms with E-state index in [2.05, 4.69) is 0 Å². The zero-order valence-corrected chi connectivity index (χ0v) is 14.0. The van der Waals surface area contributed by atoms with E-state index in [9.17, 15) is 13.2 Å². The van der Waals surface area contributed by atoms with Crippen molar-refractivity contribution in [2.45, 2.75) is 25.9 Å². The fraction of sp³-hybridized carbons (Fsp3) is 0.923. The monoisotopic (exact) mass is 335 g/mol. The second-order valence-electron chi connectivity index (χ2n) is 6.33. The molecule has 2 saturated heterocycles. The first-order valence-electron chi connectivity index (χ1n) is 7.54. The molecule has 8 nitrogen and oxygen atoms in total. The van der Waals surface area contributed by atoms with Crippen LogP contribution in [0.15, 0.2) is 0 Å². The highest BCUT2D eigenvalue weighted by Crippen LogP contribution is 2.21. The zero-order valence-electron chi connectivity index (χ0n) is 13.2. The van der Waals surface area contributed by atoms with Crippen LogP contribution in [-0.2, 0) is 19.7 Å². The minimum absolute atomic E-state index is 0.0877. The molecule has 0 saturated carbocycles. The number of carbonyl (C=O) groups is 1. The molecule has 2 rings (SSSR count). The molecule has 0 radical (unpaired) electrons. The summed E-state index contributed by atoms with van der Waals surface area (Å²) in [6, 6.07) is 0. The second kappa shape index (κ2) is 6.79. The van der Waals surface area contributed by atoms with Crippen molar-refractivity contribution < 1.29 is 23.1 Å². The molecule has 0 bridgehead atoms. The van der Waals surface area contributed by atoms with Crippen LogP contribution in [-0.4, -0.2) is 91.0 Å². The number of piperazine rings is 1. The summed E-state index contributed by atoms with van der Waals surface area (Å²) in [5.41, 5.74) is -0.464. The number of hydrogen-bond acceptors (Lipinski definition) is 5. The summed E-state index contributed by atoms with van der Waals surface area (Å²) in [5, 5.41) is 8.69. The Bertz CT molecular complexity index is 500. The first-order valence-corrected chi connectivity index (χ1v) is 8.94. The number of rotatable bonds is 5. The van der Waals surface area contributed by atoms with E-state index in [1.807, 2.05) is 18.7 Å². The third-order valence-electron chi connectivity index (χ3n) is 4.02. The van der Waals surface area contributed by atoms with Crippen LogP contribution in [0.25, 0.3) is 0 Å². The number of aliphatic carboxylic acids is 1. The van der Waals surface area contributed by atoms with Crippen molar-refractivity contribution >= 4 is 16.2 Å². The van der Waals surface area contributed by atoms with Gasteiger partial charge in [-0.2, -0.15) is 17.0 Å². The van der Waals surface area contributed by atoms with Gasteiger partial charge in [0.1, 0.15) is 0 Å². The fourth-order valence-electron chi connectivity index (χ4n) is 2.77. The highest BCUT2D eigenvalue weighted by atomic mass is 32.2. The average Bonchev–Trinajstić information content (AvgIpc) is 2.44. The number of morpholine rings is 1. The summed E-state index contributed by atoms with van der Waals surface area (Å²) >= 11 is 0. The maximum Gasteiger partial charge on any atom is 0.304 e. The molecule has 22 heavy (non-hydrogen) atoms. The minimum atomic E-state index is -3.47. The second-order valence-corrected chi connectivity index (χ2v) is 8.26. The Morgan fingerprint density at radius 2 is 1.77 bits per heavy atom. The van der Waals surface area contributed by atoms with Gasteiger partial charge < -0.3 is 14.7 Å². The van der Waals surface area contributed by atoms with E-state index < -0.39 is 21.8 Å². The lowest BCUT2D eigenvalue weighted by atomic mass is 10.1. The van der Waals surface area contributed by atoms with E-state index in [0.29, 0.717) is 52.4 Å². The van der Waals surface area contributed by atoms with Gasteiger partial charge in [-0.3, -0.25) is 4.79 Å². The lowest BCUT2D eigenvalue weighted by Gasteiger charge is -2.41. The molecule has 0 spiro atoms. The van der Waals surface area contributed by atoms with Crippen molar-refractivity contribution in [1.29, 1.82) is 0 Å². The maximum atomic E-state index is 12.7. The number of hydrogen-bond donors (Lipinski definition) is 1. The number of carboxylic acid groups (broad SMARTS) is 1. The van der Waals surface area contributed by atoms with Gasteiger partial charge in [0, 0.05) is 45.8 Å². The van der Waals surface area contributed by atoms with Crippen LogP contribution in [0, 0.1) is 0 Å². The van der Waals surface area contributed by atoms with Crippen LogP contribution in [0.2, 0.25) is 0 Å². The standard InChI is InChI=1S/C13H25N3O5S/c1-13(2)11-16(9-10-21-13)22(19,20)15-7-5-14(6-8-15)4-3-12(17)18/h3-11H2,1-2H3,(H,17,18). The quantitative estimate of drug-likeness (QED) is 0.724. The fourth-order valence-corrected chi connectivity index (χ4v) is 4.50. The van der Waals surface area contributed by atoms with Crippen molar-refractivity contribution in [1.82, 2.24) is 13.5 Å². The predicted octanol–water partition coefficient (Wildman–Crippen LogP) is -0.566. The molecule has 2 heterocycles. The van der Waals surface area contributed by atoms with Crippen molar-refractivity contribution in [3.63, 3.8) is 0 Å². The van der Waals surface area contributed by atoms with Gasteiger partial charge in [-0.25, -0.2) is 0 Å². The van der Waals surface area contributed by atoms with Crippen LogP contribution in [0.3, 0.4) is 0 Å². The normalized spacial score (nSPS) is 25.2. The summed E-state index contributed by atoms with van der Waals surface area (Å²) in [5.74, 6) is -0.828. The molecule has 2 aliphatic heterocycles. The highest BCUT2D eigenvalue weighted by molar-refractivity contribution is 7.86. The summed E-state index contributed by atoms with van der Waals surface area (Å²) < 4.78 is 33.9. The Labute approximate surface area is 131 Å². The van der Waals surface area contributed by atoms with Crippen molar-refractivity contribution in [3.05, 3.63) is 0 Å². The van der Waals surface area contributed by atoms with Gasteiger partial charge >= 0.3 is 5.97 Å². The largest absolute Gasteiger partial charge is 0.481 e. The molecular weight excluding hydrogens is 310 g/mol. The molecule has 0 amide bonds. The summed E-state index contributed by atoms with van der Waals surface area (Å²) in [7, 11) is -3.47. The summed E-state index contributed by atoms with van der Waals surface area (Å²) in [6.45, 7) is 7.33. The average molecular weight is 335 g/mol. The van der Waals surface area contributed by atoms with Crippen LogP contribution in [0.1, 0.15) is 20.3 Å². The Hall–Kier alpha value is -0.740. The number of ether oxygens (including phenoxy) is 1. The van der Waals surface area contributed by atoms with Crippen molar-refractivity contribution in [2.75, 3.05) is 52.4 Å². The molecule has 2 aliphatic rings. The molecule has 0 aromatic heterocycles. The van der Waals surface area contributed by atoms with E-state index in [1.54, 1.807) is 0 Å². The topological polar surface area (TPSA) is 90.4 Å². The maximum absolute atomic E-state index is 12.7. The minimum Gasteiger partial charge on any atom is -0.481 e. The smallest absolute Gasteiger partial charge is 0.304 e. The van der Waals surface area contributed by atoms with Gasteiger partial charge in [-0.05, 0) is 13.8 Å². The zero-order chi connectivity index (χ0) is 16.4. The Morgan fingerprint density at radius 3 is 2.32 bits per heavy atom. The SMILES string of the molecule is CC1(C)CN(S(=O)(=O)N2CCN(CCC(=O)O)CC2)CCO1. The van der Waals surface area contributed by atoms with Gasteiger partial charge in [0.25, 0.3) is 10.2 Å². The van der Waals surface area contributed by atoms with Gasteiger partial charge in [-0.15, -0.1) is 0 Å². The molecule has 9 heteroatoms. The Kier molecular flexibility index (Phi) is 5.44. The molecule has 0 unspecified atom stereocenters. The third-order valence-corrected chi connectivity index (χ3v) is 6.00. The van der Waals surface area contributed by atoms with Gasteiger partial charge in [-0.1, -0.05) is 0 Å². The third kappa shape index (κ3) is 4.39. The van der Waals surface area contributed by atoms with E-state index in [4.69, 9.17) is 9.84 Å². The van der Waals surface area contributed by atoms with Crippen molar-refractivity contribution in [3.8, 4) is 0 Å². The van der Waals surface area contributed by atoms with E-state index in [1.165, 1.54) is 8.61 Å². The van der Waals surface area contributed by atoms with Crippen molar-refractivity contribution in [2.24, 2.45) is 0 Å². The molecule has 2 fully saturated rings. The molecule has 0 atom stereocenters. The number of nitrogens with zero attached hydrogens (tertiary/aromatic N) is 3. The molecule has 0 aromatic carbocycles. The molecule has 128 valence electrons. The van der Waals surface area contributed by atoms with E-state index in [0.717, 1.165) is 0 Å². The van der Waals surface area contributed by atoms with Crippen LogP contribution >= 0.6 is 0 Å². The first kappa shape index (κ1) is 17.6. The predicted molar refractivity (Wildman–Crippen MR) is 80.8 cm³/mol. The molecule has 0 aromatic rings. The van der Waals surface area contributed by atoms with Gasteiger partial charge in [0.2, 0.25) is 0 Å². The Balaban J connectivity index is 1.90. The summed E-state index contributed by atoms with van der Waals surface area (Å²) in [6.07, 6.45) is 0.0877. The van der Waals surface area contributed by atoms with Crippen LogP contribution < -0.4 is 0 Å². The van der Waals surface area contributed by atoms with Gasteiger partial charge in [0.15, 0.2) is 0 Å². The molecular formula is C13H25N3O5S. The lowest BCUT2D eigenvalue weighted by molar-refractivity contribution is -0.137. The van der Waals surface area contributed by atoms with Crippen LogP contribution in [0.4, 0.5) is 0 Å². The Morgan fingerprint density at radius 1 is 1.14 bits per heavy atom. The highest BCUT2D eigenvalue weighted by Gasteiger charge is 2.38. The first-order chi connectivity index (χ1) is 10.2. The lowest BCUT2D eigenvalue weighted by Crippen LogP contribution is -2.58. The number of carboxylic acids is 1. The molecule has 0 aliphatic carbocycles. The summed E-state index contributed by atoms with van der Waals surface area (Å²) in [4.78, 5) is 12.6.